The number of para-hydroxylation sites is 2. The van der Waals surface area contributed by atoms with Gasteiger partial charge in [-0.3, -0.25) is 4.79 Å². The SMILES string of the molecule is O=C(CNc1cccc(C(F)(F)F)c1)NCc1ccc(Cn2cnc3ccccc32)cc1. The van der Waals surface area contributed by atoms with Gasteiger partial charge in [-0.2, -0.15) is 13.2 Å². The number of nitrogens with zero attached hydrogens (tertiary/aromatic N) is 2. The third-order valence-electron chi connectivity index (χ3n) is 5.04. The molecule has 0 unspecified atom stereocenters. The molecule has 1 amide bonds. The van der Waals surface area contributed by atoms with Gasteiger partial charge in [0.1, 0.15) is 0 Å². The maximum Gasteiger partial charge on any atom is 0.416 e. The van der Waals surface area contributed by atoms with Gasteiger partial charge in [0, 0.05) is 18.8 Å². The number of carbonyl (C=O) groups is 1. The number of benzene rings is 3. The van der Waals surface area contributed by atoms with Crippen LogP contribution in [0.25, 0.3) is 11.0 Å². The van der Waals surface area contributed by atoms with Crippen molar-refractivity contribution >= 4 is 22.6 Å². The lowest BCUT2D eigenvalue weighted by molar-refractivity contribution is -0.137. The van der Waals surface area contributed by atoms with E-state index >= 15 is 0 Å². The van der Waals surface area contributed by atoms with Crippen molar-refractivity contribution in [1.29, 1.82) is 0 Å². The Morgan fingerprint density at radius 2 is 1.69 bits per heavy atom. The van der Waals surface area contributed by atoms with Crippen LogP contribution in [0.4, 0.5) is 18.9 Å². The third kappa shape index (κ3) is 5.26. The summed E-state index contributed by atoms with van der Waals surface area (Å²) in [5.74, 6) is -0.309. The zero-order valence-corrected chi connectivity index (χ0v) is 17.1. The first kappa shape index (κ1) is 21.4. The van der Waals surface area contributed by atoms with Crippen LogP contribution in [-0.2, 0) is 24.1 Å². The monoisotopic (exact) mass is 438 g/mol. The molecule has 0 aliphatic rings. The maximum absolute atomic E-state index is 12.8. The van der Waals surface area contributed by atoms with Crippen molar-refractivity contribution in [3.63, 3.8) is 0 Å². The van der Waals surface area contributed by atoms with E-state index in [1.165, 1.54) is 12.1 Å². The lowest BCUT2D eigenvalue weighted by Crippen LogP contribution is -2.29. The number of nitrogens with one attached hydrogen (secondary N) is 2. The number of alkyl halides is 3. The molecule has 1 heterocycles. The molecule has 0 spiro atoms. The minimum Gasteiger partial charge on any atom is -0.376 e. The zero-order valence-electron chi connectivity index (χ0n) is 17.1. The van der Waals surface area contributed by atoms with E-state index < -0.39 is 11.7 Å². The smallest absolute Gasteiger partial charge is 0.376 e. The quantitative estimate of drug-likeness (QED) is 0.435. The molecule has 5 nitrogen and oxygen atoms in total. The summed E-state index contributed by atoms with van der Waals surface area (Å²) in [6.45, 7) is 0.901. The van der Waals surface area contributed by atoms with Gasteiger partial charge in [-0.15, -0.1) is 0 Å². The molecule has 0 saturated carbocycles. The summed E-state index contributed by atoms with van der Waals surface area (Å²) in [5, 5.41) is 5.49. The summed E-state index contributed by atoms with van der Waals surface area (Å²) in [7, 11) is 0. The summed E-state index contributed by atoms with van der Waals surface area (Å²) in [6, 6.07) is 20.6. The fourth-order valence-corrected chi connectivity index (χ4v) is 3.35. The van der Waals surface area contributed by atoms with Crippen LogP contribution in [0, 0.1) is 0 Å². The van der Waals surface area contributed by atoms with Crippen LogP contribution in [0.3, 0.4) is 0 Å². The second-order valence-electron chi connectivity index (χ2n) is 7.39. The molecular weight excluding hydrogens is 417 g/mol. The first-order valence-corrected chi connectivity index (χ1v) is 10.0. The summed E-state index contributed by atoms with van der Waals surface area (Å²) < 4.78 is 40.4. The molecule has 4 aromatic rings. The lowest BCUT2D eigenvalue weighted by Gasteiger charge is -2.11. The van der Waals surface area contributed by atoms with Crippen molar-refractivity contribution in [1.82, 2.24) is 14.9 Å². The maximum atomic E-state index is 12.8. The van der Waals surface area contributed by atoms with Gasteiger partial charge in [0.05, 0.1) is 29.5 Å². The molecule has 0 atom stereocenters. The Hall–Kier alpha value is -3.81. The van der Waals surface area contributed by atoms with Gasteiger partial charge in [0.15, 0.2) is 0 Å². The number of imidazole rings is 1. The van der Waals surface area contributed by atoms with Crippen molar-refractivity contribution in [2.75, 3.05) is 11.9 Å². The number of rotatable bonds is 7. The van der Waals surface area contributed by atoms with Crippen molar-refractivity contribution in [2.45, 2.75) is 19.3 Å². The Kier molecular flexibility index (Phi) is 6.11. The van der Waals surface area contributed by atoms with Crippen LogP contribution in [0.5, 0.6) is 0 Å². The molecule has 0 bridgehead atoms. The van der Waals surface area contributed by atoms with E-state index in [2.05, 4.69) is 20.2 Å². The molecule has 164 valence electrons. The average Bonchev–Trinajstić information content (AvgIpc) is 3.20. The molecule has 32 heavy (non-hydrogen) atoms. The van der Waals surface area contributed by atoms with Gasteiger partial charge in [0.25, 0.3) is 0 Å². The first-order chi connectivity index (χ1) is 15.4. The van der Waals surface area contributed by atoms with E-state index in [1.807, 2.05) is 54.9 Å². The topological polar surface area (TPSA) is 59.0 Å². The largest absolute Gasteiger partial charge is 0.416 e. The number of fused-ring (bicyclic) bond motifs is 1. The Morgan fingerprint density at radius 3 is 2.47 bits per heavy atom. The van der Waals surface area contributed by atoms with E-state index in [9.17, 15) is 18.0 Å². The molecule has 8 heteroatoms. The highest BCUT2D eigenvalue weighted by Gasteiger charge is 2.30. The van der Waals surface area contributed by atoms with E-state index in [1.54, 1.807) is 0 Å². The fraction of sp³-hybridized carbons (Fsp3) is 0.167. The van der Waals surface area contributed by atoms with Crippen molar-refractivity contribution in [3.05, 3.63) is 95.8 Å². The molecule has 1 aromatic heterocycles. The molecule has 0 saturated heterocycles. The molecular formula is C24H21F3N4O. The van der Waals surface area contributed by atoms with E-state index in [0.717, 1.165) is 34.3 Å². The number of carbonyl (C=O) groups excluding carboxylic acids is 1. The predicted octanol–water partition coefficient (Wildman–Crippen LogP) is 4.83. The highest BCUT2D eigenvalue weighted by molar-refractivity contribution is 5.80. The molecule has 2 N–H and O–H groups in total. The summed E-state index contributed by atoms with van der Waals surface area (Å²) in [5.41, 5.74) is 3.53. The van der Waals surface area contributed by atoms with Crippen LogP contribution in [0.1, 0.15) is 16.7 Å². The van der Waals surface area contributed by atoms with Crippen LogP contribution in [0.15, 0.2) is 79.1 Å². The van der Waals surface area contributed by atoms with Gasteiger partial charge in [-0.25, -0.2) is 4.98 Å². The van der Waals surface area contributed by atoms with E-state index in [4.69, 9.17) is 0 Å². The highest BCUT2D eigenvalue weighted by Crippen LogP contribution is 2.30. The van der Waals surface area contributed by atoms with Gasteiger partial charge in [-0.1, -0.05) is 42.5 Å². The van der Waals surface area contributed by atoms with Crippen LogP contribution in [-0.4, -0.2) is 22.0 Å². The van der Waals surface area contributed by atoms with E-state index in [-0.39, 0.29) is 18.1 Å². The van der Waals surface area contributed by atoms with Gasteiger partial charge >= 0.3 is 6.18 Å². The number of aromatic nitrogens is 2. The summed E-state index contributed by atoms with van der Waals surface area (Å²) in [6.07, 6.45) is -2.60. The highest BCUT2D eigenvalue weighted by atomic mass is 19.4. The summed E-state index contributed by atoms with van der Waals surface area (Å²) >= 11 is 0. The van der Waals surface area contributed by atoms with Gasteiger partial charge < -0.3 is 15.2 Å². The number of anilines is 1. The number of amides is 1. The van der Waals surface area contributed by atoms with E-state index in [0.29, 0.717) is 13.1 Å². The molecule has 3 aromatic carbocycles. The lowest BCUT2D eigenvalue weighted by atomic mass is 10.1. The van der Waals surface area contributed by atoms with Crippen LogP contribution < -0.4 is 10.6 Å². The Balaban J connectivity index is 1.27. The van der Waals surface area contributed by atoms with Gasteiger partial charge in [0.2, 0.25) is 5.91 Å². The van der Waals surface area contributed by atoms with Crippen LogP contribution in [0.2, 0.25) is 0 Å². The average molecular weight is 438 g/mol. The number of hydrogen-bond acceptors (Lipinski definition) is 3. The first-order valence-electron chi connectivity index (χ1n) is 10.0. The van der Waals surface area contributed by atoms with Crippen molar-refractivity contribution in [2.24, 2.45) is 0 Å². The van der Waals surface area contributed by atoms with Crippen LogP contribution >= 0.6 is 0 Å². The van der Waals surface area contributed by atoms with Crippen molar-refractivity contribution in [3.8, 4) is 0 Å². The summed E-state index contributed by atoms with van der Waals surface area (Å²) in [4.78, 5) is 16.5. The fourth-order valence-electron chi connectivity index (χ4n) is 3.35. The Morgan fingerprint density at radius 1 is 0.938 bits per heavy atom. The normalized spacial score (nSPS) is 11.5. The molecule has 0 fully saturated rings. The second-order valence-corrected chi connectivity index (χ2v) is 7.39. The predicted molar refractivity (Wildman–Crippen MR) is 117 cm³/mol. The Labute approximate surface area is 182 Å². The number of hydrogen-bond donors (Lipinski definition) is 2. The molecule has 0 aliphatic heterocycles. The third-order valence-corrected chi connectivity index (χ3v) is 5.04. The standard InChI is InChI=1S/C24H21F3N4O/c25-24(26,27)19-4-3-5-20(12-19)28-14-23(32)29-13-17-8-10-18(11-9-17)15-31-16-30-21-6-1-2-7-22(21)31/h1-12,16,28H,13-15H2,(H,29,32). The molecule has 0 radical (unpaired) electrons. The number of halogens is 3. The minimum absolute atomic E-state index is 0.118. The molecule has 4 rings (SSSR count). The second kappa shape index (κ2) is 9.13. The van der Waals surface area contributed by atoms with Gasteiger partial charge in [-0.05, 0) is 41.5 Å². The zero-order chi connectivity index (χ0) is 22.6. The molecule has 0 aliphatic carbocycles. The minimum atomic E-state index is -4.42. The van der Waals surface area contributed by atoms with Crippen molar-refractivity contribution < 1.29 is 18.0 Å². The Bertz CT molecular complexity index is 1220.